The van der Waals surface area contributed by atoms with E-state index in [2.05, 4.69) is 27.0 Å². The number of hydrogen-bond acceptors (Lipinski definition) is 5. The third-order valence-corrected chi connectivity index (χ3v) is 5.07. The molecule has 2 aromatic heterocycles. The summed E-state index contributed by atoms with van der Waals surface area (Å²) in [7, 11) is 1.92. The molecule has 0 atom stereocenters. The molecular weight excluding hydrogens is 278 g/mol. The lowest BCUT2D eigenvalue weighted by Crippen LogP contribution is -2.32. The maximum absolute atomic E-state index is 5.14. The average molecular weight is 295 g/mol. The van der Waals surface area contributed by atoms with Gasteiger partial charge in [-0.2, -0.15) is 5.10 Å². The molecule has 0 amide bonds. The van der Waals surface area contributed by atoms with Crippen LogP contribution in [0.1, 0.15) is 19.8 Å². The summed E-state index contributed by atoms with van der Waals surface area (Å²) in [6.45, 7) is 4.53. The van der Waals surface area contributed by atoms with Gasteiger partial charge in [-0.3, -0.25) is 5.10 Å². The summed E-state index contributed by atoms with van der Waals surface area (Å²) in [6.07, 6.45) is 4.39. The fourth-order valence-corrected chi connectivity index (χ4v) is 3.41. The summed E-state index contributed by atoms with van der Waals surface area (Å²) in [5.41, 5.74) is 0. The van der Waals surface area contributed by atoms with E-state index in [4.69, 9.17) is 12.2 Å². The number of anilines is 1. The Morgan fingerprint density at radius 1 is 1.42 bits per heavy atom. The highest BCUT2D eigenvalue weighted by atomic mass is 32.1. The van der Waals surface area contributed by atoms with Crippen molar-refractivity contribution in [2.75, 3.05) is 18.0 Å². The summed E-state index contributed by atoms with van der Waals surface area (Å²) in [5, 5.41) is 8.16. The summed E-state index contributed by atoms with van der Waals surface area (Å²) in [6, 6.07) is 0. The fraction of sp³-hybridized carbons (Fsp3) is 0.583. The molecule has 1 saturated heterocycles. The number of H-pyrrole nitrogens is 1. The number of nitrogens with one attached hydrogen (secondary N) is 1. The summed E-state index contributed by atoms with van der Waals surface area (Å²) < 4.78 is 2.52. The predicted molar refractivity (Wildman–Crippen MR) is 80.1 cm³/mol. The molecule has 0 unspecified atom stereocenters. The van der Waals surface area contributed by atoms with E-state index >= 15 is 0 Å². The van der Waals surface area contributed by atoms with Crippen LogP contribution < -0.4 is 4.90 Å². The van der Waals surface area contributed by atoms with Crippen LogP contribution in [0.3, 0.4) is 0 Å². The summed E-state index contributed by atoms with van der Waals surface area (Å²) >= 11 is 6.82. The van der Waals surface area contributed by atoms with Crippen molar-refractivity contribution in [2.45, 2.75) is 19.8 Å². The van der Waals surface area contributed by atoms with E-state index in [9.17, 15) is 0 Å². The molecule has 1 N–H and O–H groups in total. The predicted octanol–water partition coefficient (Wildman–Crippen LogP) is 2.84. The molecule has 0 aliphatic carbocycles. The number of piperidine rings is 1. The Morgan fingerprint density at radius 2 is 2.16 bits per heavy atom. The highest BCUT2D eigenvalue weighted by molar-refractivity contribution is 7.71. The number of hydrogen-bond donors (Lipinski definition) is 1. The van der Waals surface area contributed by atoms with Gasteiger partial charge in [0, 0.05) is 20.1 Å². The molecule has 19 heavy (non-hydrogen) atoms. The van der Waals surface area contributed by atoms with Crippen LogP contribution in [0.2, 0.25) is 0 Å². The zero-order valence-electron chi connectivity index (χ0n) is 11.1. The van der Waals surface area contributed by atoms with Crippen LogP contribution in [-0.2, 0) is 7.05 Å². The molecule has 1 fully saturated rings. The summed E-state index contributed by atoms with van der Waals surface area (Å²) in [5.74, 6) is 1.70. The Morgan fingerprint density at radius 3 is 2.79 bits per heavy atom. The Labute approximate surface area is 121 Å². The highest BCUT2D eigenvalue weighted by Gasteiger charge is 2.19. The first-order valence-electron chi connectivity index (χ1n) is 6.47. The average Bonchev–Trinajstić information content (AvgIpc) is 2.99. The van der Waals surface area contributed by atoms with E-state index in [1.807, 2.05) is 17.8 Å². The number of thiazole rings is 1. The van der Waals surface area contributed by atoms with Crippen LogP contribution in [0.5, 0.6) is 0 Å². The minimum absolute atomic E-state index is 0.636. The molecule has 0 radical (unpaired) electrons. The number of rotatable bonds is 2. The molecule has 0 aromatic carbocycles. The lowest BCUT2D eigenvalue weighted by atomic mass is 10.00. The van der Waals surface area contributed by atoms with Crippen molar-refractivity contribution in [3.8, 4) is 10.7 Å². The van der Waals surface area contributed by atoms with Gasteiger partial charge in [0.25, 0.3) is 0 Å². The van der Waals surface area contributed by atoms with E-state index in [1.165, 1.54) is 12.8 Å². The molecule has 0 spiro atoms. The second-order valence-corrected chi connectivity index (χ2v) is 6.48. The van der Waals surface area contributed by atoms with Gasteiger partial charge in [-0.25, -0.2) is 4.98 Å². The van der Waals surface area contributed by atoms with Gasteiger partial charge in [0.15, 0.2) is 15.7 Å². The molecule has 7 heteroatoms. The van der Waals surface area contributed by atoms with Gasteiger partial charge < -0.3 is 9.47 Å². The monoisotopic (exact) mass is 295 g/mol. The van der Waals surface area contributed by atoms with Crippen molar-refractivity contribution in [1.82, 2.24) is 19.7 Å². The molecule has 3 rings (SSSR count). The van der Waals surface area contributed by atoms with Gasteiger partial charge in [-0.05, 0) is 31.0 Å². The molecule has 0 saturated carbocycles. The van der Waals surface area contributed by atoms with Crippen molar-refractivity contribution in [2.24, 2.45) is 13.0 Å². The lowest BCUT2D eigenvalue weighted by Gasteiger charge is -2.29. The van der Waals surface area contributed by atoms with Crippen LogP contribution >= 0.6 is 23.6 Å². The van der Waals surface area contributed by atoms with Crippen molar-refractivity contribution in [3.05, 3.63) is 11.0 Å². The number of nitrogens with zero attached hydrogens (tertiary/aromatic N) is 4. The third kappa shape index (κ3) is 2.44. The van der Waals surface area contributed by atoms with Gasteiger partial charge in [-0.1, -0.05) is 18.3 Å². The van der Waals surface area contributed by atoms with Crippen molar-refractivity contribution in [1.29, 1.82) is 0 Å². The third-order valence-electron chi connectivity index (χ3n) is 3.65. The molecule has 3 heterocycles. The van der Waals surface area contributed by atoms with Gasteiger partial charge in [0.1, 0.15) is 0 Å². The first-order chi connectivity index (χ1) is 9.15. The van der Waals surface area contributed by atoms with Gasteiger partial charge in [0.05, 0.1) is 11.1 Å². The molecular formula is C12H17N5S2. The number of aromatic amines is 1. The largest absolute Gasteiger partial charge is 0.348 e. The minimum atomic E-state index is 0.636. The molecule has 5 nitrogen and oxygen atoms in total. The van der Waals surface area contributed by atoms with Crippen molar-refractivity contribution >= 4 is 28.7 Å². The topological polar surface area (TPSA) is 49.7 Å². The Bertz CT molecular complexity index is 618. The lowest BCUT2D eigenvalue weighted by molar-refractivity contribution is 0.438. The molecule has 1 aliphatic heterocycles. The van der Waals surface area contributed by atoms with E-state index in [0.29, 0.717) is 4.77 Å². The van der Waals surface area contributed by atoms with Gasteiger partial charge >= 0.3 is 0 Å². The Hall–Kier alpha value is -1.21. The second kappa shape index (κ2) is 5.05. The van der Waals surface area contributed by atoms with Crippen molar-refractivity contribution < 1.29 is 0 Å². The molecule has 2 aromatic rings. The SMILES string of the molecule is CC1CCN(c2ncc(-c3n[nH]c(=S)n3C)s2)CC1. The molecule has 102 valence electrons. The zero-order valence-corrected chi connectivity index (χ0v) is 12.7. The normalized spacial score (nSPS) is 17.1. The first-order valence-corrected chi connectivity index (χ1v) is 7.70. The van der Waals surface area contributed by atoms with Crippen LogP contribution in [0.25, 0.3) is 10.7 Å². The van der Waals surface area contributed by atoms with E-state index < -0.39 is 0 Å². The molecule has 1 aliphatic rings. The van der Waals surface area contributed by atoms with E-state index in [0.717, 1.165) is 34.8 Å². The first kappa shape index (κ1) is 12.8. The maximum atomic E-state index is 5.14. The van der Waals surface area contributed by atoms with E-state index in [-0.39, 0.29) is 0 Å². The molecule has 0 bridgehead atoms. The Kier molecular flexibility index (Phi) is 3.40. The standard InChI is InChI=1S/C12H17N5S2/c1-8-3-5-17(6-4-8)12-13-7-9(19-12)10-14-15-11(18)16(10)2/h7-8H,3-6H2,1-2H3,(H,15,18). The summed E-state index contributed by atoms with van der Waals surface area (Å²) in [4.78, 5) is 7.96. The Balaban J connectivity index is 1.83. The quantitative estimate of drug-likeness (QED) is 0.866. The second-order valence-electron chi connectivity index (χ2n) is 5.09. The fourth-order valence-electron chi connectivity index (χ4n) is 2.28. The van der Waals surface area contributed by atoms with Crippen molar-refractivity contribution in [3.63, 3.8) is 0 Å². The van der Waals surface area contributed by atoms with Crippen LogP contribution in [-0.4, -0.2) is 32.8 Å². The smallest absolute Gasteiger partial charge is 0.195 e. The zero-order chi connectivity index (χ0) is 13.4. The minimum Gasteiger partial charge on any atom is -0.348 e. The number of aromatic nitrogens is 4. The van der Waals surface area contributed by atoms with Crippen LogP contribution in [0, 0.1) is 10.7 Å². The van der Waals surface area contributed by atoms with E-state index in [1.54, 1.807) is 11.3 Å². The van der Waals surface area contributed by atoms with Gasteiger partial charge in [-0.15, -0.1) is 0 Å². The van der Waals surface area contributed by atoms with Gasteiger partial charge in [0.2, 0.25) is 0 Å². The maximum Gasteiger partial charge on any atom is 0.195 e. The highest BCUT2D eigenvalue weighted by Crippen LogP contribution is 2.31. The van der Waals surface area contributed by atoms with Crippen LogP contribution in [0.15, 0.2) is 6.20 Å². The van der Waals surface area contributed by atoms with Crippen LogP contribution in [0.4, 0.5) is 5.13 Å².